The third kappa shape index (κ3) is 3.44. The molecule has 0 fully saturated rings. The maximum atomic E-state index is 5.94. The van der Waals surface area contributed by atoms with E-state index < -0.39 is 0 Å². The summed E-state index contributed by atoms with van der Waals surface area (Å²) >= 11 is 12.9. The lowest BCUT2D eigenvalue weighted by Crippen LogP contribution is -2.02. The number of hydrogen-bond donors (Lipinski definition) is 1. The molecule has 0 bridgehead atoms. The Hall–Kier alpha value is -0.580. The van der Waals surface area contributed by atoms with Gasteiger partial charge in [0, 0.05) is 20.2 Å². The van der Waals surface area contributed by atoms with Crippen molar-refractivity contribution in [2.45, 2.75) is 6.54 Å². The summed E-state index contributed by atoms with van der Waals surface area (Å²) in [6, 6.07) is 9.55. The first-order valence-corrected chi connectivity index (χ1v) is 6.91. The van der Waals surface area contributed by atoms with Crippen LogP contribution in [-0.2, 0) is 6.54 Å². The number of benzene rings is 1. The quantitative estimate of drug-likeness (QED) is 0.826. The summed E-state index contributed by atoms with van der Waals surface area (Å²) in [7, 11) is 0. The second-order valence-electron chi connectivity index (χ2n) is 3.42. The molecule has 0 amide bonds. The summed E-state index contributed by atoms with van der Waals surface area (Å²) in [6.07, 6.45) is 1.78. The van der Waals surface area contributed by atoms with Gasteiger partial charge >= 0.3 is 0 Å². The van der Waals surface area contributed by atoms with Crippen LogP contribution in [0, 0.1) is 0 Å². The fraction of sp³-hybridized carbons (Fsp3) is 0.0833. The first kappa shape index (κ1) is 12.9. The highest BCUT2D eigenvalue weighted by molar-refractivity contribution is 9.11. The average Bonchev–Trinajstić information content (AvgIpc) is 2.29. The van der Waals surface area contributed by atoms with Crippen molar-refractivity contribution >= 4 is 49.1 Å². The second kappa shape index (κ2) is 5.85. The van der Waals surface area contributed by atoms with Crippen LogP contribution >= 0.6 is 43.5 Å². The Kier molecular flexibility index (Phi) is 4.42. The van der Waals surface area contributed by atoms with Crippen molar-refractivity contribution < 1.29 is 0 Å². The fourth-order valence-corrected chi connectivity index (χ4v) is 3.34. The maximum Gasteiger partial charge on any atom is 0.0633 e. The molecule has 0 radical (unpaired) electrons. The smallest absolute Gasteiger partial charge is 0.0633 e. The van der Waals surface area contributed by atoms with Crippen LogP contribution in [0.4, 0.5) is 5.69 Å². The summed E-state index contributed by atoms with van der Waals surface area (Å²) in [6.45, 7) is 0.666. The normalized spacial score (nSPS) is 10.3. The lowest BCUT2D eigenvalue weighted by molar-refractivity contribution is 1.04. The lowest BCUT2D eigenvalue weighted by atomic mass is 10.3. The summed E-state index contributed by atoms with van der Waals surface area (Å²) in [5.74, 6) is 0. The van der Waals surface area contributed by atoms with Crippen LogP contribution in [-0.4, -0.2) is 4.98 Å². The largest absolute Gasteiger partial charge is 0.378 e. The topological polar surface area (TPSA) is 24.9 Å². The van der Waals surface area contributed by atoms with E-state index in [1.54, 1.807) is 6.20 Å². The molecule has 0 unspecified atom stereocenters. The SMILES string of the molecule is Clc1cc(Br)c(NCc2ccccn2)c(Br)c1. The molecule has 0 atom stereocenters. The summed E-state index contributed by atoms with van der Waals surface area (Å²) in [5.41, 5.74) is 1.96. The van der Waals surface area contributed by atoms with Gasteiger partial charge in [0.15, 0.2) is 0 Å². The van der Waals surface area contributed by atoms with Crippen molar-refractivity contribution in [1.82, 2.24) is 4.98 Å². The Morgan fingerprint density at radius 2 is 1.88 bits per heavy atom. The summed E-state index contributed by atoms with van der Waals surface area (Å²) in [5, 5.41) is 4.00. The number of halogens is 3. The van der Waals surface area contributed by atoms with Gasteiger partial charge in [0.25, 0.3) is 0 Å². The van der Waals surface area contributed by atoms with Crippen LogP contribution in [0.25, 0.3) is 0 Å². The molecule has 88 valence electrons. The third-order valence-corrected chi connectivity index (χ3v) is 3.65. The minimum atomic E-state index is 0.666. The van der Waals surface area contributed by atoms with Gasteiger partial charge in [-0.2, -0.15) is 0 Å². The van der Waals surface area contributed by atoms with Crippen molar-refractivity contribution in [3.05, 3.63) is 56.2 Å². The van der Waals surface area contributed by atoms with Crippen molar-refractivity contribution in [1.29, 1.82) is 0 Å². The zero-order valence-corrected chi connectivity index (χ0v) is 12.7. The van der Waals surface area contributed by atoms with Crippen molar-refractivity contribution in [2.24, 2.45) is 0 Å². The summed E-state index contributed by atoms with van der Waals surface area (Å²) in [4.78, 5) is 4.25. The van der Waals surface area contributed by atoms with E-state index in [0.717, 1.165) is 20.3 Å². The van der Waals surface area contributed by atoms with Gasteiger partial charge in [-0.3, -0.25) is 4.98 Å². The molecule has 2 rings (SSSR count). The molecule has 2 aromatic rings. The number of aromatic nitrogens is 1. The van der Waals surface area contributed by atoms with Crippen LogP contribution < -0.4 is 5.32 Å². The van der Waals surface area contributed by atoms with E-state index in [1.165, 1.54) is 0 Å². The molecule has 2 nitrogen and oxygen atoms in total. The molecule has 0 aliphatic rings. The molecule has 5 heteroatoms. The second-order valence-corrected chi connectivity index (χ2v) is 5.56. The molecule has 1 heterocycles. The van der Waals surface area contributed by atoms with E-state index >= 15 is 0 Å². The van der Waals surface area contributed by atoms with E-state index in [1.807, 2.05) is 30.3 Å². The fourth-order valence-electron chi connectivity index (χ4n) is 1.39. The van der Waals surface area contributed by atoms with E-state index in [-0.39, 0.29) is 0 Å². The van der Waals surface area contributed by atoms with Crippen molar-refractivity contribution in [3.8, 4) is 0 Å². The lowest BCUT2D eigenvalue weighted by Gasteiger charge is -2.10. The van der Waals surface area contributed by atoms with Gasteiger partial charge in [-0.1, -0.05) is 17.7 Å². The third-order valence-electron chi connectivity index (χ3n) is 2.18. The van der Waals surface area contributed by atoms with E-state index in [9.17, 15) is 0 Å². The van der Waals surface area contributed by atoms with E-state index in [4.69, 9.17) is 11.6 Å². The van der Waals surface area contributed by atoms with Gasteiger partial charge in [-0.05, 0) is 56.1 Å². The Morgan fingerprint density at radius 1 is 1.18 bits per heavy atom. The van der Waals surface area contributed by atoms with Gasteiger partial charge in [-0.25, -0.2) is 0 Å². The molecule has 1 N–H and O–H groups in total. The molecule has 1 aromatic heterocycles. The molecule has 17 heavy (non-hydrogen) atoms. The van der Waals surface area contributed by atoms with Crippen LogP contribution in [0.5, 0.6) is 0 Å². The Labute approximate surface area is 122 Å². The zero-order chi connectivity index (χ0) is 12.3. The number of hydrogen-bond acceptors (Lipinski definition) is 2. The zero-order valence-electron chi connectivity index (χ0n) is 8.75. The highest BCUT2D eigenvalue weighted by Gasteiger charge is 2.06. The van der Waals surface area contributed by atoms with E-state index in [0.29, 0.717) is 11.6 Å². The standard InChI is InChI=1S/C12H9Br2ClN2/c13-10-5-8(15)6-11(14)12(10)17-7-9-3-1-2-4-16-9/h1-6,17H,7H2. The van der Waals surface area contributed by atoms with Gasteiger partial charge in [0.1, 0.15) is 0 Å². The minimum absolute atomic E-state index is 0.666. The van der Waals surface area contributed by atoms with Crippen LogP contribution in [0.1, 0.15) is 5.69 Å². The highest BCUT2D eigenvalue weighted by atomic mass is 79.9. The number of nitrogens with zero attached hydrogens (tertiary/aromatic N) is 1. The van der Waals surface area contributed by atoms with Crippen LogP contribution in [0.15, 0.2) is 45.5 Å². The number of nitrogens with one attached hydrogen (secondary N) is 1. The molecular weight excluding hydrogens is 367 g/mol. The molecule has 0 aliphatic heterocycles. The Bertz CT molecular complexity index is 494. The molecule has 0 aliphatic carbocycles. The monoisotopic (exact) mass is 374 g/mol. The molecule has 0 saturated carbocycles. The predicted octanol–water partition coefficient (Wildman–Crippen LogP) is 4.87. The predicted molar refractivity (Wildman–Crippen MR) is 78.4 cm³/mol. The van der Waals surface area contributed by atoms with Gasteiger partial charge in [0.2, 0.25) is 0 Å². The highest BCUT2D eigenvalue weighted by Crippen LogP contribution is 2.34. The first-order valence-electron chi connectivity index (χ1n) is 4.95. The molecule has 0 spiro atoms. The average molecular weight is 376 g/mol. The maximum absolute atomic E-state index is 5.94. The summed E-state index contributed by atoms with van der Waals surface area (Å²) < 4.78 is 1.85. The van der Waals surface area contributed by atoms with Gasteiger partial charge in [0.05, 0.1) is 17.9 Å². The van der Waals surface area contributed by atoms with Crippen molar-refractivity contribution in [3.63, 3.8) is 0 Å². The molecule has 0 saturated heterocycles. The van der Waals surface area contributed by atoms with Crippen LogP contribution in [0.2, 0.25) is 5.02 Å². The van der Waals surface area contributed by atoms with E-state index in [2.05, 4.69) is 42.2 Å². The van der Waals surface area contributed by atoms with Gasteiger partial charge in [-0.15, -0.1) is 0 Å². The number of anilines is 1. The number of rotatable bonds is 3. The molecular formula is C12H9Br2ClN2. The van der Waals surface area contributed by atoms with Crippen molar-refractivity contribution in [2.75, 3.05) is 5.32 Å². The first-order chi connectivity index (χ1) is 8.16. The Balaban J connectivity index is 2.15. The van der Waals surface area contributed by atoms with Gasteiger partial charge < -0.3 is 5.32 Å². The number of pyridine rings is 1. The van der Waals surface area contributed by atoms with Crippen LogP contribution in [0.3, 0.4) is 0 Å². The molecule has 1 aromatic carbocycles. The minimum Gasteiger partial charge on any atom is -0.378 e. The Morgan fingerprint density at radius 3 is 2.47 bits per heavy atom.